The van der Waals surface area contributed by atoms with E-state index in [0.717, 1.165) is 5.56 Å². The molecule has 0 aliphatic rings. The van der Waals surface area contributed by atoms with Crippen LogP contribution in [-0.2, 0) is 6.42 Å². The number of rotatable bonds is 6. The van der Waals surface area contributed by atoms with Crippen LogP contribution in [0.4, 0.5) is 0 Å². The van der Waals surface area contributed by atoms with Crippen LogP contribution >= 0.6 is 0 Å². The number of aromatic hydroxyl groups is 1. The Morgan fingerprint density at radius 3 is 2.57 bits per heavy atom. The molecule has 4 nitrogen and oxygen atoms in total. The highest BCUT2D eigenvalue weighted by Gasteiger charge is 2.08. The fraction of sp³-hybridized carbons (Fsp3) is 0.235. The first-order chi connectivity index (χ1) is 10.2. The SMILES string of the molecule is COc1cccc(C=NC(CO)Cc2ccccc2)c1O. The minimum atomic E-state index is -0.238. The maximum absolute atomic E-state index is 9.99. The van der Waals surface area contributed by atoms with Gasteiger partial charge in [-0.25, -0.2) is 0 Å². The lowest BCUT2D eigenvalue weighted by Crippen LogP contribution is -2.14. The molecule has 2 aromatic carbocycles. The molecule has 0 saturated heterocycles. The highest BCUT2D eigenvalue weighted by atomic mass is 16.5. The summed E-state index contributed by atoms with van der Waals surface area (Å²) in [4.78, 5) is 4.35. The van der Waals surface area contributed by atoms with E-state index in [4.69, 9.17) is 4.74 Å². The fourth-order valence-corrected chi connectivity index (χ4v) is 2.04. The van der Waals surface area contributed by atoms with E-state index in [-0.39, 0.29) is 18.4 Å². The first-order valence-electron chi connectivity index (χ1n) is 6.78. The molecule has 110 valence electrons. The molecule has 4 heteroatoms. The number of aliphatic hydroxyl groups excluding tert-OH is 1. The molecular weight excluding hydrogens is 266 g/mol. The van der Waals surface area contributed by atoms with Crippen LogP contribution in [0.1, 0.15) is 11.1 Å². The number of phenols is 1. The third kappa shape index (κ3) is 4.07. The van der Waals surface area contributed by atoms with Gasteiger partial charge in [-0.2, -0.15) is 0 Å². The molecule has 2 rings (SSSR count). The summed E-state index contributed by atoms with van der Waals surface area (Å²) in [5, 5.41) is 19.4. The molecule has 1 unspecified atom stereocenters. The normalized spacial score (nSPS) is 12.5. The van der Waals surface area contributed by atoms with Crippen LogP contribution < -0.4 is 4.74 Å². The van der Waals surface area contributed by atoms with Crippen molar-refractivity contribution >= 4 is 6.21 Å². The Bertz CT molecular complexity index is 596. The van der Waals surface area contributed by atoms with Gasteiger partial charge in [0.2, 0.25) is 0 Å². The predicted molar refractivity (Wildman–Crippen MR) is 83.3 cm³/mol. The number of phenolic OH excluding ortho intramolecular Hbond substituents is 1. The molecule has 0 aromatic heterocycles. The number of hydrogen-bond acceptors (Lipinski definition) is 4. The third-order valence-electron chi connectivity index (χ3n) is 3.20. The van der Waals surface area contributed by atoms with Gasteiger partial charge in [0.05, 0.1) is 19.8 Å². The standard InChI is InChI=1S/C17H19NO3/c1-21-16-9-5-8-14(17(16)20)11-18-15(12-19)10-13-6-3-2-4-7-13/h2-9,11,15,19-20H,10,12H2,1H3. The lowest BCUT2D eigenvalue weighted by Gasteiger charge is -2.10. The van der Waals surface area contributed by atoms with Crippen LogP contribution in [-0.4, -0.2) is 36.2 Å². The van der Waals surface area contributed by atoms with Crippen molar-refractivity contribution in [2.75, 3.05) is 13.7 Å². The molecular formula is C17H19NO3. The van der Waals surface area contributed by atoms with Gasteiger partial charge >= 0.3 is 0 Å². The van der Waals surface area contributed by atoms with E-state index in [1.165, 1.54) is 7.11 Å². The summed E-state index contributed by atoms with van der Waals surface area (Å²) in [6, 6.07) is 14.8. The Morgan fingerprint density at radius 1 is 1.14 bits per heavy atom. The van der Waals surface area contributed by atoms with Gasteiger partial charge in [-0.3, -0.25) is 4.99 Å². The van der Waals surface area contributed by atoms with E-state index in [1.807, 2.05) is 30.3 Å². The van der Waals surface area contributed by atoms with Gasteiger partial charge in [0.15, 0.2) is 11.5 Å². The third-order valence-corrected chi connectivity index (χ3v) is 3.20. The number of para-hydroxylation sites is 1. The van der Waals surface area contributed by atoms with Crippen molar-refractivity contribution in [3.05, 3.63) is 59.7 Å². The minimum absolute atomic E-state index is 0.0455. The number of methoxy groups -OCH3 is 1. The summed E-state index contributed by atoms with van der Waals surface area (Å²) in [5.74, 6) is 0.461. The maximum Gasteiger partial charge on any atom is 0.166 e. The summed E-state index contributed by atoms with van der Waals surface area (Å²) in [6.07, 6.45) is 2.22. The predicted octanol–water partition coefficient (Wildman–Crippen LogP) is 2.42. The maximum atomic E-state index is 9.99. The molecule has 0 saturated carbocycles. The van der Waals surface area contributed by atoms with Crippen molar-refractivity contribution in [3.63, 3.8) is 0 Å². The van der Waals surface area contributed by atoms with E-state index in [1.54, 1.807) is 24.4 Å². The number of nitrogens with zero attached hydrogens (tertiary/aromatic N) is 1. The summed E-state index contributed by atoms with van der Waals surface area (Å²) in [7, 11) is 1.50. The number of ether oxygens (including phenoxy) is 1. The van der Waals surface area contributed by atoms with E-state index >= 15 is 0 Å². The Morgan fingerprint density at radius 2 is 1.90 bits per heavy atom. The van der Waals surface area contributed by atoms with E-state index in [9.17, 15) is 10.2 Å². The zero-order valence-electron chi connectivity index (χ0n) is 11.9. The Labute approximate surface area is 124 Å². The molecule has 2 aromatic rings. The Kier molecular flexibility index (Phi) is 5.35. The number of aliphatic hydroxyl groups is 1. The van der Waals surface area contributed by atoms with Crippen molar-refractivity contribution in [1.82, 2.24) is 0 Å². The van der Waals surface area contributed by atoms with Crippen LogP contribution in [0.2, 0.25) is 0 Å². The second kappa shape index (κ2) is 7.45. The van der Waals surface area contributed by atoms with Crippen molar-refractivity contribution < 1.29 is 14.9 Å². The summed E-state index contributed by atoms with van der Waals surface area (Å²) in [5.41, 5.74) is 1.68. The number of benzene rings is 2. The highest BCUT2D eigenvalue weighted by Crippen LogP contribution is 2.28. The lowest BCUT2D eigenvalue weighted by molar-refractivity contribution is 0.266. The topological polar surface area (TPSA) is 62.0 Å². The molecule has 21 heavy (non-hydrogen) atoms. The molecule has 0 spiro atoms. The van der Waals surface area contributed by atoms with Crippen molar-refractivity contribution in [2.24, 2.45) is 4.99 Å². The second-order valence-corrected chi connectivity index (χ2v) is 4.70. The zero-order chi connectivity index (χ0) is 15.1. The van der Waals surface area contributed by atoms with E-state index < -0.39 is 0 Å². The van der Waals surface area contributed by atoms with Crippen LogP contribution in [0, 0.1) is 0 Å². The van der Waals surface area contributed by atoms with Gasteiger partial charge in [0, 0.05) is 11.8 Å². The molecule has 0 heterocycles. The Hall–Kier alpha value is -2.33. The van der Waals surface area contributed by atoms with Gasteiger partial charge in [-0.1, -0.05) is 36.4 Å². The molecule has 0 radical (unpaired) electrons. The highest BCUT2D eigenvalue weighted by molar-refractivity contribution is 5.84. The van der Waals surface area contributed by atoms with Gasteiger partial charge in [-0.05, 0) is 24.1 Å². The molecule has 0 fully saturated rings. The van der Waals surface area contributed by atoms with Crippen molar-refractivity contribution in [2.45, 2.75) is 12.5 Å². The molecule has 0 amide bonds. The lowest BCUT2D eigenvalue weighted by atomic mass is 10.1. The van der Waals surface area contributed by atoms with Gasteiger partial charge in [-0.15, -0.1) is 0 Å². The Balaban J connectivity index is 2.11. The smallest absolute Gasteiger partial charge is 0.166 e. The summed E-state index contributed by atoms with van der Waals surface area (Å²) in [6.45, 7) is -0.0455. The van der Waals surface area contributed by atoms with Crippen molar-refractivity contribution in [1.29, 1.82) is 0 Å². The number of aliphatic imine (C=N–C) groups is 1. The molecule has 2 N–H and O–H groups in total. The summed E-state index contributed by atoms with van der Waals surface area (Å²) < 4.78 is 5.05. The van der Waals surface area contributed by atoms with Crippen LogP contribution in [0.15, 0.2) is 53.5 Å². The minimum Gasteiger partial charge on any atom is -0.504 e. The van der Waals surface area contributed by atoms with Gasteiger partial charge in [0.1, 0.15) is 0 Å². The summed E-state index contributed by atoms with van der Waals surface area (Å²) >= 11 is 0. The van der Waals surface area contributed by atoms with Gasteiger partial charge in [0.25, 0.3) is 0 Å². The van der Waals surface area contributed by atoms with E-state index in [2.05, 4.69) is 4.99 Å². The van der Waals surface area contributed by atoms with E-state index in [0.29, 0.717) is 17.7 Å². The molecule has 1 atom stereocenters. The first-order valence-corrected chi connectivity index (χ1v) is 6.78. The fourth-order valence-electron chi connectivity index (χ4n) is 2.04. The quantitative estimate of drug-likeness (QED) is 0.801. The first kappa shape index (κ1) is 15.1. The largest absolute Gasteiger partial charge is 0.504 e. The zero-order valence-corrected chi connectivity index (χ0v) is 11.9. The van der Waals surface area contributed by atoms with Gasteiger partial charge < -0.3 is 14.9 Å². The van der Waals surface area contributed by atoms with Crippen molar-refractivity contribution in [3.8, 4) is 11.5 Å². The van der Waals surface area contributed by atoms with Crippen LogP contribution in [0.25, 0.3) is 0 Å². The molecule has 0 aliphatic heterocycles. The average Bonchev–Trinajstić information content (AvgIpc) is 2.53. The van der Waals surface area contributed by atoms with Crippen LogP contribution in [0.3, 0.4) is 0 Å². The van der Waals surface area contributed by atoms with Crippen LogP contribution in [0.5, 0.6) is 11.5 Å². The molecule has 0 aliphatic carbocycles. The molecule has 0 bridgehead atoms. The monoisotopic (exact) mass is 285 g/mol. The average molecular weight is 285 g/mol. The number of hydrogen-bond donors (Lipinski definition) is 2. The second-order valence-electron chi connectivity index (χ2n) is 4.70.